The van der Waals surface area contributed by atoms with E-state index in [-0.39, 0.29) is 5.91 Å². The van der Waals surface area contributed by atoms with Crippen LogP contribution in [0.3, 0.4) is 0 Å². The fourth-order valence-corrected chi connectivity index (χ4v) is 2.90. The lowest BCUT2D eigenvalue weighted by Gasteiger charge is -2.40. The molecule has 1 rings (SSSR count). The molecule has 2 atom stereocenters. The lowest BCUT2D eigenvalue weighted by atomic mass is 9.69. The van der Waals surface area contributed by atoms with Gasteiger partial charge in [0.2, 0.25) is 5.91 Å². The van der Waals surface area contributed by atoms with E-state index in [1.807, 2.05) is 6.92 Å². The number of hydrogen-bond donors (Lipinski definition) is 2. The van der Waals surface area contributed by atoms with Gasteiger partial charge >= 0.3 is 0 Å². The van der Waals surface area contributed by atoms with Crippen LogP contribution >= 0.6 is 0 Å². The smallest absolute Gasteiger partial charge is 0.233 e. The number of nitrogens with one attached hydrogen (secondary N) is 2. The zero-order valence-electron chi connectivity index (χ0n) is 11.8. The van der Waals surface area contributed by atoms with Crippen molar-refractivity contribution in [2.24, 2.45) is 11.3 Å². The van der Waals surface area contributed by atoms with E-state index < -0.39 is 0 Å². The fourth-order valence-electron chi connectivity index (χ4n) is 2.90. The minimum atomic E-state index is 0.116. The fraction of sp³-hybridized carbons (Fsp3) is 0.929. The van der Waals surface area contributed by atoms with Crippen molar-refractivity contribution in [1.82, 2.24) is 10.6 Å². The molecule has 0 aromatic rings. The molecular weight excluding hydrogens is 212 g/mol. The van der Waals surface area contributed by atoms with E-state index in [1.54, 1.807) is 0 Å². The minimum absolute atomic E-state index is 0.116. The van der Waals surface area contributed by atoms with Gasteiger partial charge in [0.15, 0.2) is 0 Å². The Hall–Kier alpha value is -0.570. The summed E-state index contributed by atoms with van der Waals surface area (Å²) in [5.74, 6) is 0.802. The molecule has 0 aliphatic heterocycles. The number of likely N-dealkylation sites (N-methyl/N-ethyl adjacent to an activating group) is 1. The largest absolute Gasteiger partial charge is 0.355 e. The Labute approximate surface area is 106 Å². The molecule has 1 aliphatic rings. The minimum Gasteiger partial charge on any atom is -0.355 e. The highest BCUT2D eigenvalue weighted by Gasteiger charge is 2.33. The van der Waals surface area contributed by atoms with Gasteiger partial charge in [-0.15, -0.1) is 0 Å². The highest BCUT2D eigenvalue weighted by molar-refractivity contribution is 5.77. The van der Waals surface area contributed by atoms with Gasteiger partial charge in [0.1, 0.15) is 0 Å². The first-order chi connectivity index (χ1) is 7.95. The van der Waals surface area contributed by atoms with Crippen molar-refractivity contribution < 1.29 is 4.79 Å². The summed E-state index contributed by atoms with van der Waals surface area (Å²) >= 11 is 0. The normalized spacial score (nSPS) is 25.6. The Morgan fingerprint density at radius 1 is 1.24 bits per heavy atom. The van der Waals surface area contributed by atoms with Gasteiger partial charge in [0.25, 0.3) is 0 Å². The summed E-state index contributed by atoms with van der Waals surface area (Å²) in [6.45, 7) is 10.1. The number of hydrogen-bond acceptors (Lipinski definition) is 2. The predicted octanol–water partition coefficient (Wildman–Crippen LogP) is 2.32. The van der Waals surface area contributed by atoms with Gasteiger partial charge in [-0.2, -0.15) is 0 Å². The third-order valence-electron chi connectivity index (χ3n) is 3.78. The van der Waals surface area contributed by atoms with Crippen molar-refractivity contribution in [3.63, 3.8) is 0 Å². The quantitative estimate of drug-likeness (QED) is 0.792. The lowest BCUT2D eigenvalue weighted by Crippen LogP contribution is -2.47. The van der Waals surface area contributed by atoms with Crippen molar-refractivity contribution in [1.29, 1.82) is 0 Å². The SMILES string of the molecule is CCNC(=O)CNC1CCCCC1C(C)(C)C. The molecule has 1 saturated carbocycles. The standard InChI is InChI=1S/C14H28N2O/c1-5-15-13(17)10-16-12-9-7-6-8-11(12)14(2,3)4/h11-12,16H,5-10H2,1-4H3,(H,15,17). The summed E-state index contributed by atoms with van der Waals surface area (Å²) in [7, 11) is 0. The van der Waals surface area contributed by atoms with Crippen LogP contribution < -0.4 is 10.6 Å². The average molecular weight is 240 g/mol. The maximum atomic E-state index is 11.5. The van der Waals surface area contributed by atoms with Gasteiger partial charge in [-0.3, -0.25) is 4.79 Å². The average Bonchev–Trinajstić information content (AvgIpc) is 2.26. The monoisotopic (exact) mass is 240 g/mol. The first-order valence-corrected chi connectivity index (χ1v) is 6.95. The van der Waals surface area contributed by atoms with Crippen LogP contribution in [0.2, 0.25) is 0 Å². The summed E-state index contributed by atoms with van der Waals surface area (Å²) in [5, 5.41) is 6.29. The zero-order valence-corrected chi connectivity index (χ0v) is 11.8. The molecule has 0 saturated heterocycles. The molecular formula is C14H28N2O. The number of carbonyl (C=O) groups excluding carboxylic acids is 1. The topological polar surface area (TPSA) is 41.1 Å². The predicted molar refractivity (Wildman–Crippen MR) is 71.9 cm³/mol. The van der Waals surface area contributed by atoms with Crippen LogP contribution in [-0.2, 0) is 4.79 Å². The molecule has 2 unspecified atom stereocenters. The van der Waals surface area contributed by atoms with E-state index in [2.05, 4.69) is 31.4 Å². The summed E-state index contributed by atoms with van der Waals surface area (Å²) < 4.78 is 0. The lowest BCUT2D eigenvalue weighted by molar-refractivity contribution is -0.120. The van der Waals surface area contributed by atoms with Gasteiger partial charge in [0.05, 0.1) is 6.54 Å². The van der Waals surface area contributed by atoms with Gasteiger partial charge < -0.3 is 10.6 Å². The summed E-state index contributed by atoms with van der Waals surface area (Å²) in [4.78, 5) is 11.5. The molecule has 0 aromatic heterocycles. The van der Waals surface area contributed by atoms with E-state index in [1.165, 1.54) is 25.7 Å². The van der Waals surface area contributed by atoms with E-state index in [4.69, 9.17) is 0 Å². The Morgan fingerprint density at radius 2 is 1.88 bits per heavy atom. The second-order valence-corrected chi connectivity index (χ2v) is 6.20. The first kappa shape index (κ1) is 14.5. The molecule has 1 fully saturated rings. The van der Waals surface area contributed by atoms with Gasteiger partial charge in [-0.05, 0) is 31.1 Å². The second kappa shape index (κ2) is 6.39. The molecule has 1 aliphatic carbocycles. The van der Waals surface area contributed by atoms with Crippen LogP contribution in [-0.4, -0.2) is 25.0 Å². The maximum absolute atomic E-state index is 11.5. The van der Waals surface area contributed by atoms with E-state index in [9.17, 15) is 4.79 Å². The number of amides is 1. The van der Waals surface area contributed by atoms with Crippen molar-refractivity contribution in [3.8, 4) is 0 Å². The third-order valence-corrected chi connectivity index (χ3v) is 3.78. The molecule has 3 heteroatoms. The summed E-state index contributed by atoms with van der Waals surface area (Å²) in [6.07, 6.45) is 5.12. The first-order valence-electron chi connectivity index (χ1n) is 6.95. The van der Waals surface area contributed by atoms with Crippen LogP contribution in [0.25, 0.3) is 0 Å². The second-order valence-electron chi connectivity index (χ2n) is 6.20. The van der Waals surface area contributed by atoms with Crippen LogP contribution in [0.15, 0.2) is 0 Å². The highest BCUT2D eigenvalue weighted by Crippen LogP contribution is 2.37. The summed E-state index contributed by atoms with van der Waals surface area (Å²) in [6, 6.07) is 0.506. The van der Waals surface area contributed by atoms with Gasteiger partial charge in [-0.25, -0.2) is 0 Å². The highest BCUT2D eigenvalue weighted by atomic mass is 16.1. The van der Waals surface area contributed by atoms with Crippen molar-refractivity contribution in [2.75, 3.05) is 13.1 Å². The van der Waals surface area contributed by atoms with Crippen molar-refractivity contribution in [3.05, 3.63) is 0 Å². The Balaban J connectivity index is 2.46. The molecule has 0 radical (unpaired) electrons. The van der Waals surface area contributed by atoms with Gasteiger partial charge in [-0.1, -0.05) is 33.6 Å². The van der Waals surface area contributed by atoms with Gasteiger partial charge in [0, 0.05) is 12.6 Å². The van der Waals surface area contributed by atoms with Crippen LogP contribution in [0.5, 0.6) is 0 Å². The van der Waals surface area contributed by atoms with Crippen molar-refractivity contribution >= 4 is 5.91 Å². The molecule has 0 aromatic carbocycles. The van der Waals surface area contributed by atoms with E-state index >= 15 is 0 Å². The van der Waals surface area contributed by atoms with Crippen molar-refractivity contribution in [2.45, 2.75) is 59.4 Å². The maximum Gasteiger partial charge on any atom is 0.233 e. The van der Waals surface area contributed by atoms with E-state index in [0.29, 0.717) is 30.5 Å². The van der Waals surface area contributed by atoms with Crippen LogP contribution in [0, 0.1) is 11.3 Å². The Kier molecular flexibility index (Phi) is 5.44. The molecule has 17 heavy (non-hydrogen) atoms. The summed E-state index contributed by atoms with van der Waals surface area (Å²) in [5.41, 5.74) is 0.333. The van der Waals surface area contributed by atoms with E-state index in [0.717, 1.165) is 0 Å². The molecule has 0 bridgehead atoms. The number of carbonyl (C=O) groups is 1. The number of rotatable bonds is 4. The molecule has 1 amide bonds. The molecule has 0 spiro atoms. The Bertz CT molecular complexity index is 245. The zero-order chi connectivity index (χ0) is 12.9. The van der Waals surface area contributed by atoms with Crippen LogP contribution in [0.1, 0.15) is 53.4 Å². The molecule has 100 valence electrons. The third kappa shape index (κ3) is 4.66. The van der Waals surface area contributed by atoms with Crippen LogP contribution in [0.4, 0.5) is 0 Å². The molecule has 0 heterocycles. The molecule has 3 nitrogen and oxygen atoms in total. The Morgan fingerprint density at radius 3 is 2.47 bits per heavy atom. The molecule has 2 N–H and O–H groups in total.